The molecule has 2 rings (SSSR count). The zero-order valence-electron chi connectivity index (χ0n) is 11.7. The first-order valence-electron chi connectivity index (χ1n) is 7.12. The number of esters is 1. The lowest BCUT2D eigenvalue weighted by atomic mass is 9.85. The van der Waals surface area contributed by atoms with E-state index in [4.69, 9.17) is 9.47 Å². The van der Waals surface area contributed by atoms with Crippen molar-refractivity contribution >= 4 is 21.9 Å². The van der Waals surface area contributed by atoms with Crippen molar-refractivity contribution in [2.75, 3.05) is 6.61 Å². The van der Waals surface area contributed by atoms with Crippen LogP contribution in [-0.4, -0.2) is 23.7 Å². The van der Waals surface area contributed by atoms with E-state index in [0.29, 0.717) is 24.8 Å². The largest absolute Gasteiger partial charge is 0.474 e. The number of halogens is 1. The summed E-state index contributed by atoms with van der Waals surface area (Å²) in [5.74, 6) is 1.02. The first-order chi connectivity index (χ1) is 9.67. The average molecular weight is 342 g/mol. The standard InChI is InChI=1S/C15H20BrNO3/c1-2-19-15(18)10-11-6-8-12(9-7-11)20-14-5-3-4-13(16)17-14/h3-5,11-12H,2,6-10H2,1H3. The Balaban J connectivity index is 1.75. The highest BCUT2D eigenvalue weighted by Crippen LogP contribution is 2.29. The predicted octanol–water partition coefficient (Wildman–Crippen LogP) is 3.73. The van der Waals surface area contributed by atoms with Crippen LogP contribution in [0.25, 0.3) is 0 Å². The molecule has 0 unspecified atom stereocenters. The van der Waals surface area contributed by atoms with Gasteiger partial charge in [0.2, 0.25) is 5.88 Å². The molecule has 0 atom stereocenters. The van der Waals surface area contributed by atoms with Gasteiger partial charge in [0.15, 0.2) is 0 Å². The highest BCUT2D eigenvalue weighted by Gasteiger charge is 2.24. The lowest BCUT2D eigenvalue weighted by molar-refractivity contribution is -0.144. The van der Waals surface area contributed by atoms with Crippen molar-refractivity contribution < 1.29 is 14.3 Å². The van der Waals surface area contributed by atoms with Gasteiger partial charge in [-0.2, -0.15) is 0 Å². The van der Waals surface area contributed by atoms with Gasteiger partial charge in [-0.05, 0) is 60.5 Å². The van der Waals surface area contributed by atoms with Crippen molar-refractivity contribution in [3.8, 4) is 5.88 Å². The van der Waals surface area contributed by atoms with E-state index in [1.54, 1.807) is 0 Å². The third-order valence-electron chi connectivity index (χ3n) is 3.53. The highest BCUT2D eigenvalue weighted by molar-refractivity contribution is 9.10. The molecule has 0 radical (unpaired) electrons. The minimum absolute atomic E-state index is 0.0782. The molecule has 0 N–H and O–H groups in total. The number of carbonyl (C=O) groups is 1. The second-order valence-electron chi connectivity index (χ2n) is 5.07. The van der Waals surface area contributed by atoms with Crippen LogP contribution in [0.4, 0.5) is 0 Å². The van der Waals surface area contributed by atoms with E-state index >= 15 is 0 Å². The van der Waals surface area contributed by atoms with Gasteiger partial charge in [-0.15, -0.1) is 0 Å². The molecule has 1 aliphatic carbocycles. The van der Waals surface area contributed by atoms with E-state index in [9.17, 15) is 4.79 Å². The molecule has 0 saturated heterocycles. The molecule has 0 amide bonds. The van der Waals surface area contributed by atoms with Crippen LogP contribution >= 0.6 is 15.9 Å². The number of nitrogens with zero attached hydrogens (tertiary/aromatic N) is 1. The van der Waals surface area contributed by atoms with E-state index in [1.807, 2.05) is 25.1 Å². The summed E-state index contributed by atoms with van der Waals surface area (Å²) < 4.78 is 11.7. The maximum absolute atomic E-state index is 11.5. The number of carbonyl (C=O) groups excluding carboxylic acids is 1. The van der Waals surface area contributed by atoms with Gasteiger partial charge in [0, 0.05) is 12.5 Å². The Morgan fingerprint density at radius 1 is 1.35 bits per heavy atom. The van der Waals surface area contributed by atoms with E-state index in [2.05, 4.69) is 20.9 Å². The summed E-state index contributed by atoms with van der Waals surface area (Å²) in [7, 11) is 0. The molecule has 1 aromatic rings. The summed E-state index contributed by atoms with van der Waals surface area (Å²) in [6.07, 6.45) is 4.71. The monoisotopic (exact) mass is 341 g/mol. The Morgan fingerprint density at radius 3 is 2.75 bits per heavy atom. The Kier molecular flexibility index (Phi) is 5.83. The molecular weight excluding hydrogens is 322 g/mol. The first-order valence-corrected chi connectivity index (χ1v) is 7.91. The zero-order valence-corrected chi connectivity index (χ0v) is 13.3. The van der Waals surface area contributed by atoms with Crippen LogP contribution in [0.3, 0.4) is 0 Å². The molecule has 0 bridgehead atoms. The van der Waals surface area contributed by atoms with Gasteiger partial charge in [-0.1, -0.05) is 6.07 Å². The number of hydrogen-bond acceptors (Lipinski definition) is 4. The van der Waals surface area contributed by atoms with Gasteiger partial charge in [-0.3, -0.25) is 4.79 Å². The van der Waals surface area contributed by atoms with E-state index in [-0.39, 0.29) is 12.1 Å². The normalized spacial score (nSPS) is 22.3. The topological polar surface area (TPSA) is 48.4 Å². The fourth-order valence-corrected chi connectivity index (χ4v) is 2.86. The number of pyridine rings is 1. The number of rotatable bonds is 5. The van der Waals surface area contributed by atoms with Gasteiger partial charge < -0.3 is 9.47 Å². The minimum Gasteiger partial charge on any atom is -0.474 e. The summed E-state index contributed by atoms with van der Waals surface area (Å²) >= 11 is 3.34. The van der Waals surface area contributed by atoms with E-state index in [0.717, 1.165) is 30.3 Å². The van der Waals surface area contributed by atoms with Crippen molar-refractivity contribution in [2.45, 2.75) is 45.1 Å². The summed E-state index contributed by atoms with van der Waals surface area (Å²) in [6.45, 7) is 2.31. The van der Waals surface area contributed by atoms with Crippen LogP contribution in [0, 0.1) is 5.92 Å². The number of hydrogen-bond donors (Lipinski definition) is 0. The highest BCUT2D eigenvalue weighted by atomic mass is 79.9. The molecule has 20 heavy (non-hydrogen) atoms. The Bertz CT molecular complexity index is 444. The van der Waals surface area contributed by atoms with Gasteiger partial charge in [-0.25, -0.2) is 4.98 Å². The Hall–Kier alpha value is -1.10. The van der Waals surface area contributed by atoms with Crippen LogP contribution in [-0.2, 0) is 9.53 Å². The third-order valence-corrected chi connectivity index (χ3v) is 3.97. The quantitative estimate of drug-likeness (QED) is 0.604. The summed E-state index contributed by atoms with van der Waals surface area (Å²) in [6, 6.07) is 5.66. The smallest absolute Gasteiger partial charge is 0.306 e. The maximum Gasteiger partial charge on any atom is 0.306 e. The molecule has 1 fully saturated rings. The van der Waals surface area contributed by atoms with E-state index < -0.39 is 0 Å². The van der Waals surface area contributed by atoms with Crippen LogP contribution in [0.5, 0.6) is 5.88 Å². The van der Waals surface area contributed by atoms with Crippen LogP contribution < -0.4 is 4.74 Å². The molecule has 5 heteroatoms. The number of aromatic nitrogens is 1. The van der Waals surface area contributed by atoms with Gasteiger partial charge in [0.1, 0.15) is 10.7 Å². The van der Waals surface area contributed by atoms with Crippen molar-refractivity contribution in [2.24, 2.45) is 5.92 Å². The molecule has 1 saturated carbocycles. The van der Waals surface area contributed by atoms with Crippen molar-refractivity contribution in [3.05, 3.63) is 22.8 Å². The molecular formula is C15H20BrNO3. The van der Waals surface area contributed by atoms with Crippen LogP contribution in [0.2, 0.25) is 0 Å². The fraction of sp³-hybridized carbons (Fsp3) is 0.600. The van der Waals surface area contributed by atoms with Gasteiger partial charge in [0.25, 0.3) is 0 Å². The zero-order chi connectivity index (χ0) is 14.4. The molecule has 4 nitrogen and oxygen atoms in total. The predicted molar refractivity (Wildman–Crippen MR) is 79.6 cm³/mol. The summed E-state index contributed by atoms with van der Waals surface area (Å²) in [5, 5.41) is 0. The Morgan fingerprint density at radius 2 is 2.10 bits per heavy atom. The lowest BCUT2D eigenvalue weighted by Crippen LogP contribution is -2.26. The molecule has 110 valence electrons. The number of ether oxygens (including phenoxy) is 2. The minimum atomic E-state index is -0.0782. The summed E-state index contributed by atoms with van der Waals surface area (Å²) in [5.41, 5.74) is 0. The van der Waals surface area contributed by atoms with Gasteiger partial charge in [0.05, 0.1) is 6.61 Å². The molecule has 0 aromatic carbocycles. The molecule has 0 aliphatic heterocycles. The average Bonchev–Trinajstić information content (AvgIpc) is 2.41. The van der Waals surface area contributed by atoms with Crippen LogP contribution in [0.1, 0.15) is 39.0 Å². The maximum atomic E-state index is 11.5. The van der Waals surface area contributed by atoms with E-state index in [1.165, 1.54) is 0 Å². The van der Waals surface area contributed by atoms with Crippen molar-refractivity contribution in [3.63, 3.8) is 0 Å². The molecule has 1 heterocycles. The molecule has 1 aliphatic rings. The second kappa shape index (κ2) is 7.62. The first kappa shape index (κ1) is 15.3. The SMILES string of the molecule is CCOC(=O)CC1CCC(Oc2cccc(Br)n2)CC1. The molecule has 0 spiro atoms. The van der Waals surface area contributed by atoms with Crippen molar-refractivity contribution in [1.82, 2.24) is 4.98 Å². The van der Waals surface area contributed by atoms with Crippen molar-refractivity contribution in [1.29, 1.82) is 0 Å². The fourth-order valence-electron chi connectivity index (χ4n) is 2.54. The third kappa shape index (κ3) is 4.78. The van der Waals surface area contributed by atoms with Gasteiger partial charge >= 0.3 is 5.97 Å². The molecule has 1 aromatic heterocycles. The summed E-state index contributed by atoms with van der Waals surface area (Å²) in [4.78, 5) is 15.7. The Labute approximate surface area is 128 Å². The van der Waals surface area contributed by atoms with Crippen LogP contribution in [0.15, 0.2) is 22.8 Å². The second-order valence-corrected chi connectivity index (χ2v) is 5.88. The lowest BCUT2D eigenvalue weighted by Gasteiger charge is -2.28.